The number of amides is 1. The van der Waals surface area contributed by atoms with Crippen molar-refractivity contribution in [3.63, 3.8) is 0 Å². The average Bonchev–Trinajstić information content (AvgIpc) is 3.17. The SMILES string of the molecule is CC(C)c1nnc(C2CCN(C(=O)CCC(=O)c3ccc(Cl)cc3)CC2)o1. The van der Waals surface area contributed by atoms with Gasteiger partial charge in [0, 0.05) is 48.4 Å². The Morgan fingerprint density at radius 3 is 2.41 bits per heavy atom. The van der Waals surface area contributed by atoms with Crippen LogP contribution in [0.2, 0.25) is 5.02 Å². The van der Waals surface area contributed by atoms with Crippen LogP contribution in [0.3, 0.4) is 0 Å². The molecule has 1 saturated heterocycles. The van der Waals surface area contributed by atoms with Gasteiger partial charge in [0.1, 0.15) is 0 Å². The molecule has 0 unspecified atom stereocenters. The lowest BCUT2D eigenvalue weighted by Gasteiger charge is -2.30. The number of nitrogens with zero attached hydrogens (tertiary/aromatic N) is 3. The first kappa shape index (κ1) is 19.5. The van der Waals surface area contributed by atoms with Gasteiger partial charge in [0.25, 0.3) is 0 Å². The van der Waals surface area contributed by atoms with E-state index in [1.807, 2.05) is 18.7 Å². The third-order valence-corrected chi connectivity index (χ3v) is 5.13. The number of carbonyl (C=O) groups excluding carboxylic acids is 2. The topological polar surface area (TPSA) is 76.3 Å². The Morgan fingerprint density at radius 1 is 1.15 bits per heavy atom. The molecule has 7 heteroatoms. The number of halogens is 1. The molecule has 2 aromatic rings. The summed E-state index contributed by atoms with van der Waals surface area (Å²) in [5.41, 5.74) is 0.586. The number of rotatable bonds is 6. The number of ketones is 1. The second-order valence-electron chi connectivity index (χ2n) is 7.22. The number of Topliss-reactive ketones (excluding diaryl/α,β-unsaturated/α-hetero) is 1. The first-order valence-corrected chi connectivity index (χ1v) is 9.71. The summed E-state index contributed by atoms with van der Waals surface area (Å²) in [4.78, 5) is 26.4. The molecule has 1 aromatic carbocycles. The van der Waals surface area contributed by atoms with E-state index in [9.17, 15) is 9.59 Å². The summed E-state index contributed by atoms with van der Waals surface area (Å²) in [6.07, 6.45) is 2.04. The van der Waals surface area contributed by atoms with Crippen LogP contribution >= 0.6 is 11.6 Å². The van der Waals surface area contributed by atoms with Crippen LogP contribution in [0.25, 0.3) is 0 Å². The molecule has 0 aliphatic carbocycles. The van der Waals surface area contributed by atoms with E-state index in [1.54, 1.807) is 24.3 Å². The highest BCUT2D eigenvalue weighted by molar-refractivity contribution is 6.30. The number of hydrogen-bond donors (Lipinski definition) is 0. The third kappa shape index (κ3) is 4.95. The van der Waals surface area contributed by atoms with Crippen molar-refractivity contribution in [1.29, 1.82) is 0 Å². The van der Waals surface area contributed by atoms with Gasteiger partial charge in [-0.25, -0.2) is 0 Å². The Balaban J connectivity index is 1.46. The van der Waals surface area contributed by atoms with E-state index in [0.717, 1.165) is 12.8 Å². The molecule has 3 rings (SSSR count). The molecule has 0 saturated carbocycles. The fraction of sp³-hybridized carbons (Fsp3) is 0.500. The van der Waals surface area contributed by atoms with Crippen molar-refractivity contribution in [3.8, 4) is 0 Å². The normalized spacial score (nSPS) is 15.3. The van der Waals surface area contributed by atoms with Crippen molar-refractivity contribution in [3.05, 3.63) is 46.6 Å². The summed E-state index contributed by atoms with van der Waals surface area (Å²) >= 11 is 5.83. The smallest absolute Gasteiger partial charge is 0.223 e. The molecule has 6 nitrogen and oxygen atoms in total. The molecule has 144 valence electrons. The first-order chi connectivity index (χ1) is 12.9. The molecule has 2 heterocycles. The molecule has 1 amide bonds. The lowest BCUT2D eigenvalue weighted by molar-refractivity contribution is -0.132. The largest absolute Gasteiger partial charge is 0.425 e. The predicted octanol–water partition coefficient (Wildman–Crippen LogP) is 4.22. The van der Waals surface area contributed by atoms with Crippen LogP contribution in [0.1, 0.15) is 73.5 Å². The van der Waals surface area contributed by atoms with Crippen molar-refractivity contribution in [2.75, 3.05) is 13.1 Å². The Bertz CT molecular complexity index is 793. The van der Waals surface area contributed by atoms with Crippen molar-refractivity contribution >= 4 is 23.3 Å². The molecule has 0 spiro atoms. The summed E-state index contributed by atoms with van der Waals surface area (Å²) in [6.45, 7) is 5.34. The minimum atomic E-state index is -0.0398. The van der Waals surface area contributed by atoms with Gasteiger partial charge >= 0.3 is 0 Å². The summed E-state index contributed by atoms with van der Waals surface area (Å²) in [5.74, 6) is 1.72. The molecular formula is C20H24ClN3O3. The van der Waals surface area contributed by atoms with Gasteiger partial charge in [-0.3, -0.25) is 9.59 Å². The molecule has 1 fully saturated rings. The van der Waals surface area contributed by atoms with E-state index in [1.165, 1.54) is 0 Å². The second-order valence-corrected chi connectivity index (χ2v) is 7.65. The highest BCUT2D eigenvalue weighted by Crippen LogP contribution is 2.28. The lowest BCUT2D eigenvalue weighted by atomic mass is 9.96. The van der Waals surface area contributed by atoms with Crippen LogP contribution in [-0.4, -0.2) is 39.9 Å². The second kappa shape index (κ2) is 8.65. The van der Waals surface area contributed by atoms with Gasteiger partial charge in [0.15, 0.2) is 5.78 Å². The average molecular weight is 390 g/mol. The van der Waals surface area contributed by atoms with Gasteiger partial charge in [-0.05, 0) is 37.1 Å². The highest BCUT2D eigenvalue weighted by atomic mass is 35.5. The fourth-order valence-electron chi connectivity index (χ4n) is 3.18. The van der Waals surface area contributed by atoms with Crippen molar-refractivity contribution in [2.24, 2.45) is 0 Å². The number of piperidine rings is 1. The molecule has 0 atom stereocenters. The van der Waals surface area contributed by atoms with Crippen molar-refractivity contribution in [2.45, 2.75) is 51.4 Å². The minimum absolute atomic E-state index is 0.0177. The van der Waals surface area contributed by atoms with Gasteiger partial charge in [0.2, 0.25) is 17.7 Å². The number of benzene rings is 1. The van der Waals surface area contributed by atoms with Crippen molar-refractivity contribution in [1.82, 2.24) is 15.1 Å². The maximum atomic E-state index is 12.4. The molecule has 1 aliphatic rings. The molecule has 0 bridgehead atoms. The molecule has 1 aromatic heterocycles. The molecule has 0 N–H and O–H groups in total. The van der Waals surface area contributed by atoms with Gasteiger partial charge in [-0.2, -0.15) is 0 Å². The third-order valence-electron chi connectivity index (χ3n) is 4.88. The molecule has 1 aliphatic heterocycles. The van der Waals surface area contributed by atoms with Gasteiger partial charge in [0.05, 0.1) is 0 Å². The highest BCUT2D eigenvalue weighted by Gasteiger charge is 2.27. The molecule has 27 heavy (non-hydrogen) atoms. The number of hydrogen-bond acceptors (Lipinski definition) is 5. The summed E-state index contributed by atoms with van der Waals surface area (Å²) in [7, 11) is 0. The van der Waals surface area contributed by atoms with Gasteiger partial charge in [-0.1, -0.05) is 25.4 Å². The number of carbonyl (C=O) groups is 2. The van der Waals surface area contributed by atoms with Crippen LogP contribution in [0.4, 0.5) is 0 Å². The van der Waals surface area contributed by atoms with Crippen molar-refractivity contribution < 1.29 is 14.0 Å². The molecule has 0 radical (unpaired) electrons. The monoisotopic (exact) mass is 389 g/mol. The zero-order chi connectivity index (χ0) is 19.4. The van der Waals surface area contributed by atoms with Gasteiger partial charge in [-0.15, -0.1) is 10.2 Å². The van der Waals surface area contributed by atoms with Gasteiger partial charge < -0.3 is 9.32 Å². The van der Waals surface area contributed by atoms with E-state index in [4.69, 9.17) is 16.0 Å². The van der Waals surface area contributed by atoms with E-state index in [0.29, 0.717) is 35.5 Å². The Hall–Kier alpha value is -2.21. The number of aromatic nitrogens is 2. The van der Waals surface area contributed by atoms with Crippen LogP contribution in [0, 0.1) is 0 Å². The van der Waals surface area contributed by atoms with Crippen LogP contribution in [0.5, 0.6) is 0 Å². The predicted molar refractivity (Wildman–Crippen MR) is 102 cm³/mol. The number of likely N-dealkylation sites (tertiary alicyclic amines) is 1. The Kier molecular flexibility index (Phi) is 6.26. The summed E-state index contributed by atoms with van der Waals surface area (Å²) < 4.78 is 5.74. The Morgan fingerprint density at radius 2 is 1.81 bits per heavy atom. The minimum Gasteiger partial charge on any atom is -0.425 e. The quantitative estimate of drug-likeness (QED) is 0.691. The standard InChI is InChI=1S/C20H24ClN3O3/c1-13(2)19-22-23-20(27-19)15-9-11-24(12-10-15)18(26)8-7-17(25)14-3-5-16(21)6-4-14/h3-6,13,15H,7-12H2,1-2H3. The van der Waals surface area contributed by atoms with E-state index in [2.05, 4.69) is 10.2 Å². The van der Waals surface area contributed by atoms with Crippen LogP contribution in [-0.2, 0) is 4.79 Å². The maximum Gasteiger partial charge on any atom is 0.223 e. The van der Waals surface area contributed by atoms with Crippen LogP contribution in [0.15, 0.2) is 28.7 Å². The van der Waals surface area contributed by atoms with E-state index in [-0.39, 0.29) is 36.4 Å². The fourth-order valence-corrected chi connectivity index (χ4v) is 3.31. The van der Waals surface area contributed by atoms with E-state index < -0.39 is 0 Å². The lowest BCUT2D eigenvalue weighted by Crippen LogP contribution is -2.38. The molecular weight excluding hydrogens is 366 g/mol. The van der Waals surface area contributed by atoms with Crippen LogP contribution < -0.4 is 0 Å². The summed E-state index contributed by atoms with van der Waals surface area (Å²) in [6, 6.07) is 6.75. The zero-order valence-electron chi connectivity index (χ0n) is 15.7. The first-order valence-electron chi connectivity index (χ1n) is 9.34. The Labute approximate surface area is 163 Å². The van der Waals surface area contributed by atoms with E-state index >= 15 is 0 Å². The maximum absolute atomic E-state index is 12.4. The summed E-state index contributed by atoms with van der Waals surface area (Å²) in [5, 5.41) is 8.83. The zero-order valence-corrected chi connectivity index (χ0v) is 16.4.